The zero-order chi connectivity index (χ0) is 27.0. The van der Waals surface area contributed by atoms with Crippen LogP contribution in [0.3, 0.4) is 0 Å². The van der Waals surface area contributed by atoms with Gasteiger partial charge in [-0.15, -0.1) is 0 Å². The maximum absolute atomic E-state index is 11.6. The van der Waals surface area contributed by atoms with Crippen LogP contribution in [-0.4, -0.2) is 98.9 Å². The Morgan fingerprint density at radius 2 is 0.667 bits per heavy atom. The van der Waals surface area contributed by atoms with E-state index in [4.69, 9.17) is 38.6 Å². The normalized spacial score (nSPS) is 10.3. The molecule has 2 N–H and O–H groups in total. The highest BCUT2D eigenvalue weighted by Crippen LogP contribution is 2.03. The lowest BCUT2D eigenvalue weighted by atomic mass is 10.2. The van der Waals surface area contributed by atoms with Crippen molar-refractivity contribution < 1.29 is 67.4 Å². The van der Waals surface area contributed by atoms with E-state index in [1.54, 1.807) is 0 Å². The zero-order valence-electron chi connectivity index (χ0n) is 20.1. The molecular formula is C22H34O14. The lowest BCUT2D eigenvalue weighted by molar-refractivity contribution is -0.150. The maximum atomic E-state index is 11.6. The molecule has 0 unspecified atom stereocenters. The Balaban J connectivity index is 3.45. The first-order valence-electron chi connectivity index (χ1n) is 11.4. The fourth-order valence-electron chi connectivity index (χ4n) is 2.31. The van der Waals surface area contributed by atoms with Crippen molar-refractivity contribution in [1.29, 1.82) is 0 Å². The summed E-state index contributed by atoms with van der Waals surface area (Å²) >= 11 is 0. The first-order valence-corrected chi connectivity index (χ1v) is 11.4. The van der Waals surface area contributed by atoms with E-state index in [9.17, 15) is 28.8 Å². The molecule has 0 atom stereocenters. The summed E-state index contributed by atoms with van der Waals surface area (Å²) in [6.07, 6.45) is 0.112. The summed E-state index contributed by atoms with van der Waals surface area (Å²) in [5.41, 5.74) is 0. The first kappa shape index (κ1) is 32.7. The lowest BCUT2D eigenvalue weighted by Crippen LogP contribution is -2.15. The molecular weight excluding hydrogens is 488 g/mol. The SMILES string of the molecule is O=C(O)CCC(=O)OCCOCCOC(=O)CCCCC(=O)OCCOCCOC(=O)CCC(=O)O. The summed E-state index contributed by atoms with van der Waals surface area (Å²) in [5.74, 6) is -4.30. The summed E-state index contributed by atoms with van der Waals surface area (Å²) in [4.78, 5) is 66.2. The second kappa shape index (κ2) is 22.2. The van der Waals surface area contributed by atoms with Crippen LogP contribution in [0.1, 0.15) is 51.4 Å². The molecule has 0 aromatic carbocycles. The minimum absolute atomic E-state index is 0.0232. The van der Waals surface area contributed by atoms with Crippen LogP contribution in [0.5, 0.6) is 0 Å². The highest BCUT2D eigenvalue weighted by atomic mass is 16.6. The second-order valence-corrected chi connectivity index (χ2v) is 7.10. The number of carboxylic acids is 2. The van der Waals surface area contributed by atoms with Gasteiger partial charge in [0.25, 0.3) is 0 Å². The number of carbonyl (C=O) groups is 6. The predicted molar refractivity (Wildman–Crippen MR) is 118 cm³/mol. The molecule has 206 valence electrons. The average Bonchev–Trinajstić information content (AvgIpc) is 2.82. The molecule has 0 aliphatic rings. The Labute approximate surface area is 208 Å². The number of esters is 4. The fraction of sp³-hybridized carbons (Fsp3) is 0.727. The van der Waals surface area contributed by atoms with Gasteiger partial charge in [-0.25, -0.2) is 0 Å². The number of unbranched alkanes of at least 4 members (excludes halogenated alkanes) is 1. The standard InChI is InChI=1S/C22H34O14/c23-17(24)5-7-21(29)35-15-11-31-9-13-33-19(27)3-1-2-4-20(28)34-14-10-32-12-16-36-22(30)8-6-18(25)26/h1-16H2,(H,23,24)(H,25,26). The minimum Gasteiger partial charge on any atom is -0.481 e. The van der Waals surface area contributed by atoms with Gasteiger partial charge in [0, 0.05) is 12.8 Å². The third-order valence-corrected chi connectivity index (χ3v) is 4.06. The molecule has 0 rings (SSSR count). The molecule has 0 aliphatic heterocycles. The molecule has 0 aromatic heterocycles. The summed E-state index contributed by atoms with van der Waals surface area (Å²) in [5, 5.41) is 16.9. The van der Waals surface area contributed by atoms with E-state index in [-0.39, 0.29) is 91.4 Å². The van der Waals surface area contributed by atoms with Crippen LogP contribution in [0.15, 0.2) is 0 Å². The molecule has 0 saturated heterocycles. The molecule has 0 saturated carbocycles. The van der Waals surface area contributed by atoms with Crippen molar-refractivity contribution in [1.82, 2.24) is 0 Å². The van der Waals surface area contributed by atoms with Gasteiger partial charge in [-0.3, -0.25) is 28.8 Å². The van der Waals surface area contributed by atoms with Gasteiger partial charge in [0.2, 0.25) is 0 Å². The number of carbonyl (C=O) groups excluding carboxylic acids is 4. The van der Waals surface area contributed by atoms with Crippen molar-refractivity contribution in [2.75, 3.05) is 52.9 Å². The Hall–Kier alpha value is -3.26. The van der Waals surface area contributed by atoms with Crippen molar-refractivity contribution >= 4 is 35.8 Å². The first-order chi connectivity index (χ1) is 17.2. The van der Waals surface area contributed by atoms with E-state index in [1.807, 2.05) is 0 Å². The number of aliphatic carboxylic acids is 2. The van der Waals surface area contributed by atoms with E-state index in [2.05, 4.69) is 0 Å². The van der Waals surface area contributed by atoms with Crippen LogP contribution >= 0.6 is 0 Å². The molecule has 0 aromatic rings. The topological polar surface area (TPSA) is 198 Å². The van der Waals surface area contributed by atoms with Gasteiger partial charge in [0.15, 0.2) is 0 Å². The molecule has 14 nitrogen and oxygen atoms in total. The van der Waals surface area contributed by atoms with E-state index in [1.165, 1.54) is 0 Å². The Morgan fingerprint density at radius 1 is 0.389 bits per heavy atom. The summed E-state index contributed by atoms with van der Waals surface area (Å²) in [6, 6.07) is 0. The van der Waals surface area contributed by atoms with Crippen LogP contribution in [0.2, 0.25) is 0 Å². The molecule has 0 fully saturated rings. The van der Waals surface area contributed by atoms with Crippen molar-refractivity contribution in [3.05, 3.63) is 0 Å². The number of hydrogen-bond donors (Lipinski definition) is 2. The highest BCUT2D eigenvalue weighted by Gasteiger charge is 2.08. The van der Waals surface area contributed by atoms with E-state index >= 15 is 0 Å². The summed E-state index contributed by atoms with van der Waals surface area (Å²) in [6.45, 7) is 0.391. The van der Waals surface area contributed by atoms with Crippen LogP contribution in [0, 0.1) is 0 Å². The third-order valence-electron chi connectivity index (χ3n) is 4.06. The monoisotopic (exact) mass is 522 g/mol. The Bertz CT molecular complexity index is 632. The van der Waals surface area contributed by atoms with E-state index in [0.29, 0.717) is 12.8 Å². The molecule has 36 heavy (non-hydrogen) atoms. The van der Waals surface area contributed by atoms with Crippen LogP contribution in [0.25, 0.3) is 0 Å². The van der Waals surface area contributed by atoms with Crippen molar-refractivity contribution in [2.45, 2.75) is 51.4 Å². The van der Waals surface area contributed by atoms with Gasteiger partial charge >= 0.3 is 35.8 Å². The van der Waals surface area contributed by atoms with Gasteiger partial charge < -0.3 is 38.6 Å². The number of carboxylic acid groups (broad SMARTS) is 2. The van der Waals surface area contributed by atoms with Crippen molar-refractivity contribution in [3.8, 4) is 0 Å². The van der Waals surface area contributed by atoms with Crippen LogP contribution in [-0.2, 0) is 57.2 Å². The number of hydrogen-bond acceptors (Lipinski definition) is 12. The zero-order valence-corrected chi connectivity index (χ0v) is 20.1. The molecule has 0 radical (unpaired) electrons. The smallest absolute Gasteiger partial charge is 0.306 e. The molecule has 0 amide bonds. The quantitative estimate of drug-likeness (QED) is 0.107. The molecule has 0 heterocycles. The molecule has 0 spiro atoms. The third kappa shape index (κ3) is 23.9. The molecule has 0 bridgehead atoms. The van der Waals surface area contributed by atoms with E-state index in [0.717, 1.165) is 0 Å². The van der Waals surface area contributed by atoms with Crippen molar-refractivity contribution in [3.63, 3.8) is 0 Å². The van der Waals surface area contributed by atoms with Crippen LogP contribution < -0.4 is 0 Å². The Morgan fingerprint density at radius 3 is 0.944 bits per heavy atom. The second-order valence-electron chi connectivity index (χ2n) is 7.10. The minimum atomic E-state index is -1.08. The summed E-state index contributed by atoms with van der Waals surface area (Å²) in [7, 11) is 0. The number of rotatable bonds is 23. The van der Waals surface area contributed by atoms with E-state index < -0.39 is 35.8 Å². The number of ether oxygens (including phenoxy) is 6. The van der Waals surface area contributed by atoms with Crippen molar-refractivity contribution in [2.24, 2.45) is 0 Å². The van der Waals surface area contributed by atoms with Gasteiger partial charge in [0.05, 0.1) is 52.1 Å². The van der Waals surface area contributed by atoms with Gasteiger partial charge in [0.1, 0.15) is 26.4 Å². The van der Waals surface area contributed by atoms with Gasteiger partial charge in [-0.05, 0) is 12.8 Å². The predicted octanol–water partition coefficient (Wildman–Crippen LogP) is 0.482. The highest BCUT2D eigenvalue weighted by molar-refractivity contribution is 5.77. The Kier molecular flexibility index (Phi) is 20.2. The maximum Gasteiger partial charge on any atom is 0.306 e. The fourth-order valence-corrected chi connectivity index (χ4v) is 2.31. The van der Waals surface area contributed by atoms with Gasteiger partial charge in [-0.2, -0.15) is 0 Å². The average molecular weight is 523 g/mol. The largest absolute Gasteiger partial charge is 0.481 e. The van der Waals surface area contributed by atoms with Gasteiger partial charge in [-0.1, -0.05) is 0 Å². The molecule has 14 heteroatoms. The lowest BCUT2D eigenvalue weighted by Gasteiger charge is -2.08. The molecule has 0 aliphatic carbocycles. The summed E-state index contributed by atoms with van der Waals surface area (Å²) < 4.78 is 29.7. The van der Waals surface area contributed by atoms with Crippen LogP contribution in [0.4, 0.5) is 0 Å².